The zero-order valence-corrected chi connectivity index (χ0v) is 19.4. The molecule has 2 fully saturated rings. The van der Waals surface area contributed by atoms with Crippen LogP contribution in [-0.2, 0) is 9.59 Å². The third-order valence-corrected chi connectivity index (χ3v) is 6.67. The molecular weight excluding hydrogens is 380 g/mol. The van der Waals surface area contributed by atoms with Gasteiger partial charge in [0.1, 0.15) is 0 Å². The Bertz CT molecular complexity index is 677. The second kappa shape index (κ2) is 9.03. The summed E-state index contributed by atoms with van der Waals surface area (Å²) in [6.45, 7) is 14.1. The van der Waals surface area contributed by atoms with Crippen molar-refractivity contribution >= 4 is 18.2 Å². The summed E-state index contributed by atoms with van der Waals surface area (Å²) in [4.78, 5) is 42.0. The zero-order valence-electron chi connectivity index (χ0n) is 19.4. The zero-order chi connectivity index (χ0) is 22.6. The average molecular weight is 419 g/mol. The predicted molar refractivity (Wildman–Crippen MR) is 117 cm³/mol. The molecule has 0 aromatic carbocycles. The molecule has 7 heteroatoms. The smallest absolute Gasteiger partial charge is 0.314 e. The Kier molecular flexibility index (Phi) is 7.32. The van der Waals surface area contributed by atoms with E-state index in [4.69, 9.17) is 0 Å². The predicted octanol–water partition coefficient (Wildman–Crippen LogP) is 4.13. The Morgan fingerprint density at radius 1 is 0.767 bits per heavy atom. The van der Waals surface area contributed by atoms with Gasteiger partial charge in [-0.25, -0.2) is 24.4 Å². The summed E-state index contributed by atoms with van der Waals surface area (Å²) in [5.41, 5.74) is -0.119. The molecule has 2 rings (SSSR count). The fourth-order valence-corrected chi connectivity index (χ4v) is 6.41. The molecule has 2 aliphatic carbocycles. The van der Waals surface area contributed by atoms with Gasteiger partial charge in [0.05, 0.1) is 12.1 Å². The third kappa shape index (κ3) is 7.07. The van der Waals surface area contributed by atoms with Crippen LogP contribution in [0.25, 0.3) is 0 Å². The van der Waals surface area contributed by atoms with Crippen molar-refractivity contribution in [2.24, 2.45) is 31.6 Å². The minimum absolute atomic E-state index is 0.0419. The summed E-state index contributed by atoms with van der Waals surface area (Å²) < 4.78 is 0. The minimum atomic E-state index is -0.185. The molecule has 0 heterocycles. The van der Waals surface area contributed by atoms with E-state index in [1.165, 1.54) is 0 Å². The fraction of sp³-hybridized carbons (Fsp3) is 0.870. The van der Waals surface area contributed by atoms with Crippen molar-refractivity contribution in [3.05, 3.63) is 0 Å². The first kappa shape index (κ1) is 24.3. The van der Waals surface area contributed by atoms with Crippen LogP contribution in [0, 0.1) is 21.7 Å². The molecule has 0 bridgehead atoms. The summed E-state index contributed by atoms with van der Waals surface area (Å²) in [5.74, 6) is 0. The average Bonchev–Trinajstić information content (AvgIpc) is 2.55. The molecule has 0 unspecified atom stereocenters. The van der Waals surface area contributed by atoms with Crippen molar-refractivity contribution in [1.82, 2.24) is 10.6 Å². The lowest BCUT2D eigenvalue weighted by molar-refractivity contribution is 0.0805. The maximum atomic E-state index is 12.6. The van der Waals surface area contributed by atoms with Crippen LogP contribution in [-0.4, -0.2) is 43.4 Å². The van der Waals surface area contributed by atoms with Crippen molar-refractivity contribution < 1.29 is 14.4 Å². The Morgan fingerprint density at radius 3 is 1.47 bits per heavy atom. The van der Waals surface area contributed by atoms with Gasteiger partial charge in [0.25, 0.3) is 0 Å². The maximum absolute atomic E-state index is 12.6. The molecule has 0 aromatic rings. The summed E-state index contributed by atoms with van der Waals surface area (Å²) in [5, 5.41) is 6.06. The van der Waals surface area contributed by atoms with Gasteiger partial charge < -0.3 is 10.6 Å². The molecule has 0 saturated heterocycles. The number of carbonyl (C=O) groups excluding carboxylic acids is 3. The van der Waals surface area contributed by atoms with E-state index in [2.05, 4.69) is 62.2 Å². The lowest BCUT2D eigenvalue weighted by Crippen LogP contribution is -2.50. The van der Waals surface area contributed by atoms with Crippen molar-refractivity contribution in [1.29, 1.82) is 0 Å². The van der Waals surface area contributed by atoms with Crippen LogP contribution in [0.3, 0.4) is 0 Å². The van der Waals surface area contributed by atoms with Crippen LogP contribution < -0.4 is 10.6 Å². The third-order valence-electron chi connectivity index (χ3n) is 6.67. The number of carbonyl (C=O) groups is 1. The van der Waals surface area contributed by atoms with E-state index in [9.17, 15) is 14.4 Å². The maximum Gasteiger partial charge on any atom is 0.314 e. The van der Waals surface area contributed by atoms with Gasteiger partial charge in [-0.15, -0.1) is 0 Å². The van der Waals surface area contributed by atoms with Crippen molar-refractivity contribution in [2.75, 3.05) is 13.1 Å². The van der Waals surface area contributed by atoms with Crippen LogP contribution >= 0.6 is 0 Å². The topological polar surface area (TPSA) is 100.0 Å². The quantitative estimate of drug-likeness (QED) is 0.501. The highest BCUT2D eigenvalue weighted by molar-refractivity contribution is 5.73. The fourth-order valence-electron chi connectivity index (χ4n) is 6.41. The van der Waals surface area contributed by atoms with Crippen LogP contribution in [0.5, 0.6) is 0 Å². The first-order valence-corrected chi connectivity index (χ1v) is 11.0. The Balaban J connectivity index is 1.92. The number of urea groups is 1. The number of rotatable bonds is 6. The van der Waals surface area contributed by atoms with Gasteiger partial charge in [-0.05, 0) is 60.2 Å². The van der Waals surface area contributed by atoms with Gasteiger partial charge in [0.15, 0.2) is 0 Å². The Morgan fingerprint density at radius 2 is 1.13 bits per heavy atom. The van der Waals surface area contributed by atoms with Crippen LogP contribution in [0.1, 0.15) is 80.1 Å². The van der Waals surface area contributed by atoms with E-state index in [0.29, 0.717) is 13.1 Å². The van der Waals surface area contributed by atoms with Gasteiger partial charge in [0.2, 0.25) is 12.2 Å². The van der Waals surface area contributed by atoms with Crippen LogP contribution in [0.2, 0.25) is 0 Å². The first-order valence-electron chi connectivity index (χ1n) is 11.0. The van der Waals surface area contributed by atoms with Gasteiger partial charge >= 0.3 is 6.03 Å². The van der Waals surface area contributed by atoms with Gasteiger partial charge in [-0.2, -0.15) is 0 Å². The number of aliphatic imine (C=N–C) groups is 2. The first-order chi connectivity index (χ1) is 13.8. The normalized spacial score (nSPS) is 34.7. The van der Waals surface area contributed by atoms with Gasteiger partial charge in [-0.3, -0.25) is 0 Å². The molecule has 7 nitrogen and oxygen atoms in total. The SMILES string of the molecule is CC1(C)C[C@@H](N=C=O)C[C@](C)(CNC(=O)NC[C@]2(C)C[C@@H](N=C=O)CC(C)(C)C2)C1. The number of nitrogens with zero attached hydrogens (tertiary/aromatic N) is 2. The molecule has 0 radical (unpaired) electrons. The lowest BCUT2D eigenvalue weighted by Gasteiger charge is -2.46. The van der Waals surface area contributed by atoms with Gasteiger partial charge in [0, 0.05) is 13.1 Å². The van der Waals surface area contributed by atoms with Crippen molar-refractivity contribution in [3.8, 4) is 0 Å². The number of hydrogen-bond donors (Lipinski definition) is 2. The second-order valence-electron chi connectivity index (χ2n) is 11.9. The molecule has 30 heavy (non-hydrogen) atoms. The van der Waals surface area contributed by atoms with E-state index in [1.54, 1.807) is 12.2 Å². The molecule has 0 spiro atoms. The largest absolute Gasteiger partial charge is 0.338 e. The molecule has 4 atom stereocenters. The van der Waals surface area contributed by atoms with E-state index < -0.39 is 0 Å². The molecular formula is C23H38N4O3. The molecule has 2 amide bonds. The number of hydrogen-bond acceptors (Lipinski definition) is 5. The number of nitrogens with one attached hydrogen (secondary N) is 2. The van der Waals surface area contributed by atoms with E-state index in [0.717, 1.165) is 38.5 Å². The van der Waals surface area contributed by atoms with E-state index in [-0.39, 0.29) is 39.8 Å². The highest BCUT2D eigenvalue weighted by atomic mass is 16.2. The van der Waals surface area contributed by atoms with Crippen molar-refractivity contribution in [2.45, 2.75) is 92.2 Å². The molecule has 2 N–H and O–H groups in total. The highest BCUT2D eigenvalue weighted by Crippen LogP contribution is 2.47. The molecule has 2 aliphatic rings. The molecule has 2 saturated carbocycles. The Hall–Kier alpha value is -1.97. The molecule has 0 aliphatic heterocycles. The van der Waals surface area contributed by atoms with E-state index in [1.807, 2.05) is 0 Å². The lowest BCUT2D eigenvalue weighted by atomic mass is 9.62. The molecule has 168 valence electrons. The van der Waals surface area contributed by atoms with E-state index >= 15 is 0 Å². The number of isocyanates is 2. The van der Waals surface area contributed by atoms with Gasteiger partial charge in [-0.1, -0.05) is 41.5 Å². The van der Waals surface area contributed by atoms with Crippen molar-refractivity contribution in [3.63, 3.8) is 0 Å². The summed E-state index contributed by atoms with van der Waals surface area (Å²) >= 11 is 0. The summed E-state index contributed by atoms with van der Waals surface area (Å²) in [6, 6.07) is -0.269. The monoisotopic (exact) mass is 418 g/mol. The second-order valence-corrected chi connectivity index (χ2v) is 11.9. The summed E-state index contributed by atoms with van der Waals surface area (Å²) in [6.07, 6.45) is 8.59. The minimum Gasteiger partial charge on any atom is -0.338 e. The molecule has 0 aromatic heterocycles. The number of amides is 2. The highest BCUT2D eigenvalue weighted by Gasteiger charge is 2.43. The standard InChI is InChI=1S/C23H38N4O3/c1-20(2)7-17(26-15-28)9-22(5,11-20)13-24-19(30)25-14-23(6)10-18(27-16-29)8-21(3,4)12-23/h17-18H,7-14H2,1-6H3,(H2,24,25,30)/t17-,18+,22+,23-. The van der Waals surface area contributed by atoms with Crippen LogP contribution in [0.15, 0.2) is 9.98 Å². The summed E-state index contributed by atoms with van der Waals surface area (Å²) in [7, 11) is 0. The Labute approximate surface area is 180 Å². The van der Waals surface area contributed by atoms with Crippen LogP contribution in [0.4, 0.5) is 4.79 Å².